The summed E-state index contributed by atoms with van der Waals surface area (Å²) >= 11 is 0. The first-order valence-electron chi connectivity index (χ1n) is 10.4. The molecule has 1 saturated heterocycles. The summed E-state index contributed by atoms with van der Waals surface area (Å²) in [5, 5.41) is 0. The third-order valence-corrected chi connectivity index (χ3v) is 6.00. The molecule has 2 aliphatic rings. The van der Waals surface area contributed by atoms with Gasteiger partial charge in [0.15, 0.2) is 6.10 Å². The van der Waals surface area contributed by atoms with Crippen LogP contribution in [0.4, 0.5) is 0 Å². The highest BCUT2D eigenvalue weighted by Gasteiger charge is 2.45. The van der Waals surface area contributed by atoms with Gasteiger partial charge in [0.2, 0.25) is 5.91 Å². The molecule has 30 heavy (non-hydrogen) atoms. The monoisotopic (exact) mass is 399 g/mol. The molecule has 1 heterocycles. The van der Waals surface area contributed by atoms with Gasteiger partial charge in [-0.1, -0.05) is 78.7 Å². The van der Waals surface area contributed by atoms with Crippen molar-refractivity contribution in [2.75, 3.05) is 6.54 Å². The quantitative estimate of drug-likeness (QED) is 0.431. The smallest absolute Gasteiger partial charge is 0.311 e. The number of carbonyl (C=O) groups excluding carboxylic acids is 2. The number of allylic oxidation sites excluding steroid dienone is 2. The standard InChI is InChI=1S/C26H25NO3/c1-2-23(20-12-7-4-8-13-20)30-26(29)22-15-9-14-21-16-17-27(25(28)24(21)22)18-19-10-5-3-6-11-19/h1,3-14,21-24H,15-18H2/t21?,22?,23-,24?/m1/s1. The molecule has 1 amide bonds. The van der Waals surface area contributed by atoms with E-state index in [1.54, 1.807) is 0 Å². The largest absolute Gasteiger partial charge is 0.444 e. The van der Waals surface area contributed by atoms with E-state index in [-0.39, 0.29) is 11.8 Å². The Labute approximate surface area is 177 Å². The van der Waals surface area contributed by atoms with Gasteiger partial charge in [-0.05, 0) is 24.3 Å². The van der Waals surface area contributed by atoms with Crippen LogP contribution in [0.25, 0.3) is 0 Å². The van der Waals surface area contributed by atoms with Crippen molar-refractivity contribution >= 4 is 11.9 Å². The Bertz CT molecular complexity index is 961. The molecule has 0 N–H and O–H groups in total. The van der Waals surface area contributed by atoms with Crippen LogP contribution < -0.4 is 0 Å². The summed E-state index contributed by atoms with van der Waals surface area (Å²) in [5.74, 6) is 1.35. The summed E-state index contributed by atoms with van der Waals surface area (Å²) in [5.41, 5.74) is 1.85. The van der Waals surface area contributed by atoms with E-state index in [0.717, 1.165) is 17.5 Å². The fraction of sp³-hybridized carbons (Fsp3) is 0.308. The van der Waals surface area contributed by atoms with Gasteiger partial charge in [-0.15, -0.1) is 6.42 Å². The maximum atomic E-state index is 13.3. The van der Waals surface area contributed by atoms with Crippen molar-refractivity contribution in [3.63, 3.8) is 0 Å². The second kappa shape index (κ2) is 9.00. The number of fused-ring (bicyclic) bond motifs is 1. The predicted molar refractivity (Wildman–Crippen MR) is 115 cm³/mol. The summed E-state index contributed by atoms with van der Waals surface area (Å²) < 4.78 is 5.70. The number of ether oxygens (including phenoxy) is 1. The summed E-state index contributed by atoms with van der Waals surface area (Å²) in [6.45, 7) is 1.25. The van der Waals surface area contributed by atoms with Gasteiger partial charge < -0.3 is 9.64 Å². The number of likely N-dealkylation sites (tertiary alicyclic amines) is 1. The molecule has 152 valence electrons. The summed E-state index contributed by atoms with van der Waals surface area (Å²) in [4.78, 5) is 28.3. The Balaban J connectivity index is 1.50. The highest BCUT2D eigenvalue weighted by Crippen LogP contribution is 2.39. The average Bonchev–Trinajstić information content (AvgIpc) is 2.80. The number of esters is 1. The maximum Gasteiger partial charge on any atom is 0.311 e. The molecule has 1 fully saturated rings. The van der Waals surface area contributed by atoms with Crippen molar-refractivity contribution in [1.82, 2.24) is 4.90 Å². The Morgan fingerprint density at radius 1 is 1.13 bits per heavy atom. The Kier molecular flexibility index (Phi) is 5.99. The minimum atomic E-state index is -0.748. The zero-order valence-corrected chi connectivity index (χ0v) is 16.8. The number of carbonyl (C=O) groups is 2. The lowest BCUT2D eigenvalue weighted by Crippen LogP contribution is -2.50. The van der Waals surface area contributed by atoms with Crippen LogP contribution in [-0.2, 0) is 20.9 Å². The molecule has 0 radical (unpaired) electrons. The van der Waals surface area contributed by atoms with Crippen molar-refractivity contribution in [2.45, 2.75) is 25.5 Å². The molecule has 2 aromatic carbocycles. The van der Waals surface area contributed by atoms with Gasteiger partial charge in [0.1, 0.15) is 0 Å². The molecule has 1 aliphatic heterocycles. The van der Waals surface area contributed by atoms with E-state index in [9.17, 15) is 9.59 Å². The number of amides is 1. The van der Waals surface area contributed by atoms with Gasteiger partial charge >= 0.3 is 5.97 Å². The van der Waals surface area contributed by atoms with Crippen LogP contribution in [0.2, 0.25) is 0 Å². The molecule has 1 aliphatic carbocycles. The molecule has 4 atom stereocenters. The predicted octanol–water partition coefficient (Wildman–Crippen LogP) is 4.15. The van der Waals surface area contributed by atoms with Gasteiger partial charge in [-0.3, -0.25) is 9.59 Å². The highest BCUT2D eigenvalue weighted by atomic mass is 16.5. The van der Waals surface area contributed by atoms with E-state index in [1.165, 1.54) is 0 Å². The van der Waals surface area contributed by atoms with Crippen molar-refractivity contribution in [1.29, 1.82) is 0 Å². The molecule has 0 bridgehead atoms. The molecular formula is C26H25NO3. The molecule has 4 rings (SSSR count). The van der Waals surface area contributed by atoms with E-state index < -0.39 is 23.9 Å². The number of piperidine rings is 1. The molecular weight excluding hydrogens is 374 g/mol. The van der Waals surface area contributed by atoms with Crippen molar-refractivity contribution in [2.24, 2.45) is 17.8 Å². The first-order valence-corrected chi connectivity index (χ1v) is 10.4. The lowest BCUT2D eigenvalue weighted by atomic mass is 9.71. The molecule has 3 unspecified atom stereocenters. The number of nitrogens with zero attached hydrogens (tertiary/aromatic N) is 1. The molecule has 4 nitrogen and oxygen atoms in total. The zero-order chi connectivity index (χ0) is 20.9. The van der Waals surface area contributed by atoms with Crippen LogP contribution >= 0.6 is 0 Å². The van der Waals surface area contributed by atoms with E-state index in [0.29, 0.717) is 19.5 Å². The lowest BCUT2D eigenvalue weighted by molar-refractivity contribution is -0.161. The van der Waals surface area contributed by atoms with Crippen LogP contribution in [0, 0.1) is 30.1 Å². The number of terminal acetylenes is 1. The SMILES string of the molecule is C#C[C@@H](OC(=O)C1CC=CC2CCN(Cc3ccccc3)C(=O)C21)c1ccccc1. The Hall–Kier alpha value is -3.32. The van der Waals surface area contributed by atoms with E-state index in [2.05, 4.69) is 12.0 Å². The lowest BCUT2D eigenvalue weighted by Gasteiger charge is -2.41. The van der Waals surface area contributed by atoms with Crippen molar-refractivity contribution < 1.29 is 14.3 Å². The minimum absolute atomic E-state index is 0.0263. The Morgan fingerprint density at radius 2 is 1.83 bits per heavy atom. The first-order chi connectivity index (χ1) is 14.7. The molecule has 0 spiro atoms. The number of hydrogen-bond donors (Lipinski definition) is 0. The number of benzene rings is 2. The van der Waals surface area contributed by atoms with Gasteiger partial charge in [-0.2, -0.15) is 0 Å². The van der Waals surface area contributed by atoms with Crippen LogP contribution in [0.15, 0.2) is 72.8 Å². The van der Waals surface area contributed by atoms with Gasteiger partial charge in [0.25, 0.3) is 0 Å². The van der Waals surface area contributed by atoms with Gasteiger partial charge in [0.05, 0.1) is 11.8 Å². The van der Waals surface area contributed by atoms with Crippen molar-refractivity contribution in [3.8, 4) is 12.3 Å². The normalized spacial score (nSPS) is 23.9. The Morgan fingerprint density at radius 3 is 2.53 bits per heavy atom. The van der Waals surface area contributed by atoms with E-state index in [4.69, 9.17) is 11.2 Å². The average molecular weight is 399 g/mol. The zero-order valence-electron chi connectivity index (χ0n) is 16.8. The van der Waals surface area contributed by atoms with E-state index >= 15 is 0 Å². The third-order valence-electron chi connectivity index (χ3n) is 6.00. The summed E-state index contributed by atoms with van der Waals surface area (Å²) in [7, 11) is 0. The molecule has 2 aromatic rings. The molecule has 0 aromatic heterocycles. The number of hydrogen-bond acceptors (Lipinski definition) is 3. The van der Waals surface area contributed by atoms with Crippen LogP contribution in [0.3, 0.4) is 0 Å². The second-order valence-corrected chi connectivity index (χ2v) is 7.89. The minimum Gasteiger partial charge on any atom is -0.444 e. The number of rotatable bonds is 5. The summed E-state index contributed by atoms with van der Waals surface area (Å²) in [6, 6.07) is 19.2. The molecule has 4 heteroatoms. The first kappa shape index (κ1) is 20.0. The topological polar surface area (TPSA) is 46.6 Å². The highest BCUT2D eigenvalue weighted by molar-refractivity contribution is 5.87. The van der Waals surface area contributed by atoms with Crippen LogP contribution in [0.1, 0.15) is 30.1 Å². The third kappa shape index (κ3) is 4.16. The van der Waals surface area contributed by atoms with E-state index in [1.807, 2.05) is 71.6 Å². The van der Waals surface area contributed by atoms with Gasteiger partial charge in [-0.25, -0.2) is 0 Å². The summed E-state index contributed by atoms with van der Waals surface area (Å²) in [6.07, 6.45) is 10.3. The van der Waals surface area contributed by atoms with Crippen molar-refractivity contribution in [3.05, 3.63) is 83.9 Å². The van der Waals surface area contributed by atoms with Crippen LogP contribution in [0.5, 0.6) is 0 Å². The fourth-order valence-corrected chi connectivity index (χ4v) is 4.45. The maximum absolute atomic E-state index is 13.3. The van der Waals surface area contributed by atoms with Crippen LogP contribution in [-0.4, -0.2) is 23.3 Å². The fourth-order valence-electron chi connectivity index (χ4n) is 4.45. The van der Waals surface area contributed by atoms with Gasteiger partial charge in [0, 0.05) is 18.7 Å². The second-order valence-electron chi connectivity index (χ2n) is 7.89. The molecule has 0 saturated carbocycles.